The largest absolute Gasteiger partial charge is 0.356 e. The lowest BCUT2D eigenvalue weighted by atomic mass is 9.96. The van der Waals surface area contributed by atoms with Crippen LogP contribution >= 0.6 is 15.9 Å². The Labute approximate surface area is 162 Å². The van der Waals surface area contributed by atoms with Crippen LogP contribution in [0.2, 0.25) is 0 Å². The summed E-state index contributed by atoms with van der Waals surface area (Å²) >= 11 is 3.58. The van der Waals surface area contributed by atoms with E-state index in [9.17, 15) is 0 Å². The number of nitrogens with zero attached hydrogens (tertiary/aromatic N) is 4. The first-order valence-corrected chi connectivity index (χ1v) is 10.1. The number of aryl methyl sites for hydroxylation is 1. The quantitative estimate of drug-likeness (QED) is 0.580. The molecule has 1 aliphatic heterocycles. The Morgan fingerprint density at radius 3 is 2.92 bits per heavy atom. The number of nitrogens with one attached hydrogen (secondary N) is 2. The Hall–Kier alpha value is -1.89. The number of fused-ring (bicyclic) bond motifs is 1. The van der Waals surface area contributed by atoms with Crippen LogP contribution in [0, 0.1) is 0 Å². The summed E-state index contributed by atoms with van der Waals surface area (Å²) in [4.78, 5) is 4.37. The van der Waals surface area contributed by atoms with Gasteiger partial charge in [-0.1, -0.05) is 28.1 Å². The number of aromatic nitrogens is 3. The van der Waals surface area contributed by atoms with Gasteiger partial charge in [-0.05, 0) is 43.4 Å². The minimum absolute atomic E-state index is 0.232. The molecule has 1 saturated carbocycles. The molecule has 1 fully saturated rings. The van der Waals surface area contributed by atoms with Crippen LogP contribution in [0.25, 0.3) is 0 Å². The van der Waals surface area contributed by atoms with E-state index in [2.05, 4.69) is 70.6 Å². The zero-order valence-electron chi connectivity index (χ0n) is 15.1. The lowest BCUT2D eigenvalue weighted by Gasteiger charge is -2.20. The van der Waals surface area contributed by atoms with E-state index in [1.165, 1.54) is 31.2 Å². The van der Waals surface area contributed by atoms with Gasteiger partial charge in [-0.25, -0.2) is 0 Å². The molecule has 0 atom stereocenters. The highest BCUT2D eigenvalue weighted by Crippen LogP contribution is 2.48. The van der Waals surface area contributed by atoms with Crippen LogP contribution in [-0.4, -0.2) is 34.3 Å². The number of benzene rings is 1. The van der Waals surface area contributed by atoms with Gasteiger partial charge in [0.15, 0.2) is 11.8 Å². The highest BCUT2D eigenvalue weighted by molar-refractivity contribution is 9.10. The third-order valence-electron chi connectivity index (χ3n) is 5.46. The molecular weight excluding hydrogens is 392 g/mol. The van der Waals surface area contributed by atoms with Gasteiger partial charge >= 0.3 is 0 Å². The van der Waals surface area contributed by atoms with Crippen LogP contribution in [0.5, 0.6) is 0 Å². The third-order valence-corrected chi connectivity index (χ3v) is 5.95. The molecule has 6 nitrogen and oxygen atoms in total. The Morgan fingerprint density at radius 1 is 1.27 bits per heavy atom. The molecule has 0 bridgehead atoms. The van der Waals surface area contributed by atoms with E-state index >= 15 is 0 Å². The summed E-state index contributed by atoms with van der Waals surface area (Å²) in [5.41, 5.74) is 1.62. The molecule has 0 amide bonds. The van der Waals surface area contributed by atoms with Gasteiger partial charge in [0.25, 0.3) is 0 Å². The Kier molecular flexibility index (Phi) is 4.98. The summed E-state index contributed by atoms with van der Waals surface area (Å²) < 4.78 is 3.38. The number of guanidine groups is 1. The van der Waals surface area contributed by atoms with Gasteiger partial charge in [-0.15, -0.1) is 10.2 Å². The van der Waals surface area contributed by atoms with Crippen molar-refractivity contribution in [2.45, 2.75) is 50.6 Å². The second-order valence-electron chi connectivity index (χ2n) is 7.21. The van der Waals surface area contributed by atoms with Crippen molar-refractivity contribution in [3.8, 4) is 0 Å². The predicted molar refractivity (Wildman–Crippen MR) is 106 cm³/mol. The summed E-state index contributed by atoms with van der Waals surface area (Å²) in [7, 11) is 1.81. The van der Waals surface area contributed by atoms with Crippen molar-refractivity contribution >= 4 is 21.9 Å². The minimum atomic E-state index is 0.232. The molecule has 138 valence electrons. The van der Waals surface area contributed by atoms with Crippen LogP contribution < -0.4 is 10.6 Å². The van der Waals surface area contributed by atoms with Gasteiger partial charge in [0.1, 0.15) is 5.82 Å². The van der Waals surface area contributed by atoms with Crippen molar-refractivity contribution in [1.29, 1.82) is 0 Å². The van der Waals surface area contributed by atoms with Crippen LogP contribution in [0.4, 0.5) is 0 Å². The molecule has 26 heavy (non-hydrogen) atoms. The van der Waals surface area contributed by atoms with Gasteiger partial charge in [-0.2, -0.15) is 0 Å². The molecule has 0 saturated heterocycles. The highest BCUT2D eigenvalue weighted by Gasteiger charge is 2.44. The summed E-state index contributed by atoms with van der Waals surface area (Å²) in [5.74, 6) is 2.93. The molecule has 2 aliphatic rings. The second-order valence-corrected chi connectivity index (χ2v) is 8.13. The molecule has 1 aliphatic carbocycles. The maximum absolute atomic E-state index is 4.37. The summed E-state index contributed by atoms with van der Waals surface area (Å²) in [6.07, 6.45) is 5.89. The summed E-state index contributed by atoms with van der Waals surface area (Å²) in [6.45, 7) is 2.56. The second kappa shape index (κ2) is 7.39. The number of rotatable bonds is 5. The number of hydrogen-bond acceptors (Lipinski definition) is 3. The van der Waals surface area contributed by atoms with Crippen molar-refractivity contribution < 1.29 is 0 Å². The third kappa shape index (κ3) is 3.63. The van der Waals surface area contributed by atoms with E-state index in [4.69, 9.17) is 0 Å². The first-order valence-electron chi connectivity index (χ1n) is 9.32. The molecule has 0 spiro atoms. The fourth-order valence-corrected chi connectivity index (χ4v) is 4.07. The fourth-order valence-electron chi connectivity index (χ4n) is 3.67. The first-order chi connectivity index (χ1) is 12.7. The Bertz CT molecular complexity index is 808. The van der Waals surface area contributed by atoms with Crippen molar-refractivity contribution in [3.05, 3.63) is 46.0 Å². The van der Waals surface area contributed by atoms with Crippen molar-refractivity contribution in [1.82, 2.24) is 25.4 Å². The van der Waals surface area contributed by atoms with Crippen LogP contribution in [0.15, 0.2) is 33.7 Å². The van der Waals surface area contributed by atoms with Crippen LogP contribution in [0.3, 0.4) is 0 Å². The van der Waals surface area contributed by atoms with Crippen LogP contribution in [-0.2, 0) is 24.9 Å². The number of halogens is 1. The normalized spacial score (nSPS) is 18.3. The van der Waals surface area contributed by atoms with E-state index in [0.29, 0.717) is 6.54 Å². The lowest BCUT2D eigenvalue weighted by molar-refractivity contribution is 0.504. The Morgan fingerprint density at radius 2 is 2.15 bits per heavy atom. The summed E-state index contributed by atoms with van der Waals surface area (Å²) in [6, 6.07) is 8.64. The van der Waals surface area contributed by atoms with Crippen LogP contribution in [0.1, 0.15) is 42.9 Å². The average Bonchev–Trinajstić information content (AvgIpc) is 3.35. The van der Waals surface area contributed by atoms with E-state index in [1.54, 1.807) is 0 Å². The van der Waals surface area contributed by atoms with Gasteiger partial charge < -0.3 is 15.2 Å². The molecular formula is C19H25BrN6. The molecule has 1 aromatic carbocycles. The van der Waals surface area contributed by atoms with Gasteiger partial charge in [0.2, 0.25) is 0 Å². The lowest BCUT2D eigenvalue weighted by Crippen LogP contribution is -2.41. The van der Waals surface area contributed by atoms with Gasteiger partial charge in [0.05, 0.1) is 6.54 Å². The molecule has 7 heteroatoms. The first kappa shape index (κ1) is 17.5. The smallest absolute Gasteiger partial charge is 0.191 e. The average molecular weight is 417 g/mol. The molecule has 2 aromatic rings. The molecule has 4 rings (SSSR count). The molecule has 1 aromatic heterocycles. The van der Waals surface area contributed by atoms with E-state index in [1.807, 2.05) is 7.05 Å². The molecule has 2 heterocycles. The minimum Gasteiger partial charge on any atom is -0.356 e. The van der Waals surface area contributed by atoms with Crippen molar-refractivity contribution in [3.63, 3.8) is 0 Å². The Balaban J connectivity index is 1.35. The van der Waals surface area contributed by atoms with Gasteiger partial charge in [-0.3, -0.25) is 4.99 Å². The highest BCUT2D eigenvalue weighted by atomic mass is 79.9. The maximum atomic E-state index is 4.37. The zero-order valence-corrected chi connectivity index (χ0v) is 16.7. The standard InChI is InChI=1S/C19H25BrN6/c1-21-18(22-12-17-25-24-16-7-2-3-10-26(16)17)23-13-19(8-9-19)14-5-4-6-15(20)11-14/h4-6,11H,2-3,7-10,12-13H2,1H3,(H2,21,22,23). The number of hydrogen-bond donors (Lipinski definition) is 2. The monoisotopic (exact) mass is 416 g/mol. The topological polar surface area (TPSA) is 67.1 Å². The SMILES string of the molecule is CN=C(NCc1nnc2n1CCCC2)NCC1(c2cccc(Br)c2)CC1. The van der Waals surface area contributed by atoms with E-state index in [-0.39, 0.29) is 5.41 Å². The summed E-state index contributed by atoms with van der Waals surface area (Å²) in [5, 5.41) is 15.5. The predicted octanol–water partition coefficient (Wildman–Crippen LogP) is 2.77. The van der Waals surface area contributed by atoms with Crippen molar-refractivity contribution in [2.24, 2.45) is 4.99 Å². The van der Waals surface area contributed by atoms with Crippen molar-refractivity contribution in [2.75, 3.05) is 13.6 Å². The van der Waals surface area contributed by atoms with Gasteiger partial charge in [0, 0.05) is 36.4 Å². The van der Waals surface area contributed by atoms with E-state index < -0.39 is 0 Å². The maximum Gasteiger partial charge on any atom is 0.191 e. The zero-order chi connectivity index (χ0) is 18.0. The fraction of sp³-hybridized carbons (Fsp3) is 0.526. The molecule has 2 N–H and O–H groups in total. The van der Waals surface area contributed by atoms with E-state index in [0.717, 1.165) is 41.6 Å². The number of aliphatic imine (C=N–C) groups is 1. The molecule has 0 radical (unpaired) electrons. The molecule has 0 unspecified atom stereocenters.